The third-order valence-corrected chi connectivity index (χ3v) is 2.95. The molecule has 0 bridgehead atoms. The molecule has 0 aliphatic carbocycles. The van der Waals surface area contributed by atoms with Gasteiger partial charge in [-0.1, -0.05) is 0 Å². The summed E-state index contributed by atoms with van der Waals surface area (Å²) in [6.07, 6.45) is 6.19. The first-order valence-corrected chi connectivity index (χ1v) is 5.24. The number of rotatable bonds is 2. The summed E-state index contributed by atoms with van der Waals surface area (Å²) in [5, 5.41) is 11.6. The normalized spacial score (nSPS) is 34.1. The van der Waals surface area contributed by atoms with E-state index in [1.165, 1.54) is 25.9 Å². The van der Waals surface area contributed by atoms with Gasteiger partial charge in [0.05, 0.1) is 0 Å². The van der Waals surface area contributed by atoms with Gasteiger partial charge in [-0.15, -0.1) is 0 Å². The molecule has 2 aliphatic rings. The minimum Gasteiger partial charge on any atom is -0.306 e. The molecule has 14 heavy (non-hydrogen) atoms. The molecule has 78 valence electrons. The van der Waals surface area contributed by atoms with E-state index >= 15 is 0 Å². The number of hydrogen-bond donors (Lipinski definition) is 1. The SMILES string of the molecule is CN1CCC(NC2(C)C=CN=N2)CC1. The zero-order valence-corrected chi connectivity index (χ0v) is 8.90. The largest absolute Gasteiger partial charge is 0.306 e. The molecule has 1 unspecified atom stereocenters. The first-order valence-electron chi connectivity index (χ1n) is 5.24. The third-order valence-electron chi connectivity index (χ3n) is 2.95. The summed E-state index contributed by atoms with van der Waals surface area (Å²) in [6, 6.07) is 0.581. The highest BCUT2D eigenvalue weighted by Gasteiger charge is 2.27. The molecule has 4 nitrogen and oxygen atoms in total. The number of hydrogen-bond acceptors (Lipinski definition) is 4. The lowest BCUT2D eigenvalue weighted by Crippen LogP contribution is -2.49. The zero-order chi connectivity index (χ0) is 10.0. The number of piperidine rings is 1. The monoisotopic (exact) mass is 194 g/mol. The molecule has 0 saturated carbocycles. The van der Waals surface area contributed by atoms with Gasteiger partial charge in [-0.2, -0.15) is 10.2 Å². The average Bonchev–Trinajstić information content (AvgIpc) is 2.57. The number of azo groups is 1. The standard InChI is InChI=1S/C10H18N4/c1-10(5-6-11-13-10)12-9-3-7-14(2)8-4-9/h5-6,9,12H,3-4,7-8H2,1-2H3. The van der Waals surface area contributed by atoms with Crippen LogP contribution in [0.3, 0.4) is 0 Å². The Kier molecular flexibility index (Phi) is 2.65. The molecule has 1 N–H and O–H groups in total. The Morgan fingerprint density at radius 1 is 1.43 bits per heavy atom. The lowest BCUT2D eigenvalue weighted by atomic mass is 10.0. The summed E-state index contributed by atoms with van der Waals surface area (Å²) in [7, 11) is 2.17. The summed E-state index contributed by atoms with van der Waals surface area (Å²) in [5.74, 6) is 0. The highest BCUT2D eigenvalue weighted by molar-refractivity contribution is 5.06. The Labute approximate surface area is 85.1 Å². The van der Waals surface area contributed by atoms with E-state index in [9.17, 15) is 0 Å². The Balaban J connectivity index is 1.86. The number of likely N-dealkylation sites (tertiary alicyclic amines) is 1. The summed E-state index contributed by atoms with van der Waals surface area (Å²) in [5.41, 5.74) is -0.249. The van der Waals surface area contributed by atoms with E-state index in [0.717, 1.165) is 0 Å². The first-order chi connectivity index (χ1) is 6.68. The first kappa shape index (κ1) is 9.80. The van der Waals surface area contributed by atoms with E-state index in [2.05, 4.69) is 34.4 Å². The molecule has 2 rings (SSSR count). The third kappa shape index (κ3) is 2.19. The summed E-state index contributed by atoms with van der Waals surface area (Å²) < 4.78 is 0. The summed E-state index contributed by atoms with van der Waals surface area (Å²) in [4.78, 5) is 2.37. The Bertz CT molecular complexity index is 239. The predicted octanol–water partition coefficient (Wildman–Crippen LogP) is 1.37. The van der Waals surface area contributed by atoms with Crippen molar-refractivity contribution in [2.75, 3.05) is 20.1 Å². The maximum atomic E-state index is 4.17. The van der Waals surface area contributed by atoms with Crippen LogP contribution in [-0.2, 0) is 0 Å². The molecule has 1 fully saturated rings. The average molecular weight is 194 g/mol. The van der Waals surface area contributed by atoms with Gasteiger partial charge in [-0.25, -0.2) is 0 Å². The van der Waals surface area contributed by atoms with Crippen molar-refractivity contribution in [3.8, 4) is 0 Å². The van der Waals surface area contributed by atoms with Crippen molar-refractivity contribution in [3.63, 3.8) is 0 Å². The Hall–Kier alpha value is -0.740. The second kappa shape index (κ2) is 3.79. The van der Waals surface area contributed by atoms with Crippen molar-refractivity contribution in [2.45, 2.75) is 31.5 Å². The Morgan fingerprint density at radius 2 is 2.14 bits per heavy atom. The molecule has 2 aliphatic heterocycles. The number of nitrogens with zero attached hydrogens (tertiary/aromatic N) is 3. The van der Waals surface area contributed by atoms with Crippen LogP contribution in [0.5, 0.6) is 0 Å². The van der Waals surface area contributed by atoms with Gasteiger partial charge in [0.2, 0.25) is 0 Å². The highest BCUT2D eigenvalue weighted by atomic mass is 15.3. The molecule has 0 spiro atoms. The molecular weight excluding hydrogens is 176 g/mol. The molecule has 0 aromatic rings. The van der Waals surface area contributed by atoms with Crippen molar-refractivity contribution >= 4 is 0 Å². The quantitative estimate of drug-likeness (QED) is 0.721. The molecule has 0 aromatic carbocycles. The molecule has 1 saturated heterocycles. The lowest BCUT2D eigenvalue weighted by molar-refractivity contribution is 0.214. The van der Waals surface area contributed by atoms with Crippen LogP contribution in [0, 0.1) is 0 Å². The summed E-state index contributed by atoms with van der Waals surface area (Å²) >= 11 is 0. The van der Waals surface area contributed by atoms with Crippen LogP contribution in [0.1, 0.15) is 19.8 Å². The second-order valence-corrected chi connectivity index (χ2v) is 4.40. The van der Waals surface area contributed by atoms with E-state index in [4.69, 9.17) is 0 Å². The molecule has 0 amide bonds. The van der Waals surface area contributed by atoms with Gasteiger partial charge in [0, 0.05) is 12.2 Å². The maximum Gasteiger partial charge on any atom is 0.149 e. The van der Waals surface area contributed by atoms with Crippen LogP contribution >= 0.6 is 0 Å². The minimum absolute atomic E-state index is 0.249. The topological polar surface area (TPSA) is 40.0 Å². The van der Waals surface area contributed by atoms with E-state index in [1.54, 1.807) is 6.20 Å². The van der Waals surface area contributed by atoms with Gasteiger partial charge >= 0.3 is 0 Å². The van der Waals surface area contributed by atoms with Gasteiger partial charge in [-0.3, -0.25) is 5.32 Å². The molecule has 0 radical (unpaired) electrons. The number of nitrogens with one attached hydrogen (secondary N) is 1. The molecule has 4 heteroatoms. The fraction of sp³-hybridized carbons (Fsp3) is 0.800. The van der Waals surface area contributed by atoms with E-state index in [1.807, 2.05) is 6.08 Å². The fourth-order valence-corrected chi connectivity index (χ4v) is 2.01. The van der Waals surface area contributed by atoms with Crippen LogP contribution in [-0.4, -0.2) is 36.7 Å². The molecule has 1 atom stereocenters. The summed E-state index contributed by atoms with van der Waals surface area (Å²) in [6.45, 7) is 4.42. The molecule has 2 heterocycles. The van der Waals surface area contributed by atoms with E-state index in [0.29, 0.717) is 6.04 Å². The smallest absolute Gasteiger partial charge is 0.149 e. The van der Waals surface area contributed by atoms with Crippen LogP contribution in [0.15, 0.2) is 22.5 Å². The van der Waals surface area contributed by atoms with Gasteiger partial charge in [-0.05, 0) is 46.0 Å². The highest BCUT2D eigenvalue weighted by Crippen LogP contribution is 2.19. The predicted molar refractivity (Wildman–Crippen MR) is 56.1 cm³/mol. The second-order valence-electron chi connectivity index (χ2n) is 4.40. The van der Waals surface area contributed by atoms with E-state index < -0.39 is 0 Å². The van der Waals surface area contributed by atoms with Gasteiger partial charge in [0.1, 0.15) is 5.66 Å². The van der Waals surface area contributed by atoms with Gasteiger partial charge in [0.15, 0.2) is 0 Å². The fourth-order valence-electron chi connectivity index (χ4n) is 2.01. The van der Waals surface area contributed by atoms with Crippen molar-refractivity contribution in [3.05, 3.63) is 12.3 Å². The van der Waals surface area contributed by atoms with Crippen LogP contribution in [0.4, 0.5) is 0 Å². The van der Waals surface area contributed by atoms with Crippen LogP contribution in [0.25, 0.3) is 0 Å². The zero-order valence-electron chi connectivity index (χ0n) is 8.90. The molecular formula is C10H18N4. The molecule has 0 aromatic heterocycles. The van der Waals surface area contributed by atoms with Crippen molar-refractivity contribution in [1.29, 1.82) is 0 Å². The van der Waals surface area contributed by atoms with Crippen LogP contribution < -0.4 is 5.32 Å². The Morgan fingerprint density at radius 3 is 2.71 bits per heavy atom. The van der Waals surface area contributed by atoms with Crippen molar-refractivity contribution in [1.82, 2.24) is 10.2 Å². The van der Waals surface area contributed by atoms with Crippen molar-refractivity contribution < 1.29 is 0 Å². The lowest BCUT2D eigenvalue weighted by Gasteiger charge is -2.33. The minimum atomic E-state index is -0.249. The van der Waals surface area contributed by atoms with E-state index in [-0.39, 0.29) is 5.66 Å². The van der Waals surface area contributed by atoms with Crippen LogP contribution in [0.2, 0.25) is 0 Å². The van der Waals surface area contributed by atoms with Crippen molar-refractivity contribution in [2.24, 2.45) is 10.2 Å². The van der Waals surface area contributed by atoms with Gasteiger partial charge in [0.25, 0.3) is 0 Å². The van der Waals surface area contributed by atoms with Gasteiger partial charge < -0.3 is 4.90 Å². The maximum absolute atomic E-state index is 4.17.